The first kappa shape index (κ1) is 25.1. The van der Waals surface area contributed by atoms with Crippen molar-refractivity contribution >= 4 is 6.29 Å². The van der Waals surface area contributed by atoms with Gasteiger partial charge in [0.1, 0.15) is 18.5 Å². The van der Waals surface area contributed by atoms with Gasteiger partial charge in [-0.05, 0) is 32.1 Å². The summed E-state index contributed by atoms with van der Waals surface area (Å²) in [5.41, 5.74) is 0. The van der Waals surface area contributed by atoms with E-state index >= 15 is 0 Å². The number of aliphatic hydroxyl groups is 2. The second-order valence-electron chi connectivity index (χ2n) is 6.73. The fourth-order valence-electron chi connectivity index (χ4n) is 2.81. The highest BCUT2D eigenvalue weighted by Gasteiger charge is 2.40. The third kappa shape index (κ3) is 11.4. The highest BCUT2D eigenvalue weighted by Crippen LogP contribution is 2.18. The molecule has 0 bridgehead atoms. The van der Waals surface area contributed by atoms with Gasteiger partial charge in [0.15, 0.2) is 0 Å². The molecule has 0 heterocycles. The highest BCUT2D eigenvalue weighted by atomic mass is 16.6. The second-order valence-corrected chi connectivity index (χ2v) is 6.73. The molecule has 0 aromatic carbocycles. The molecule has 9 heteroatoms. The lowest BCUT2D eigenvalue weighted by atomic mass is 9.94. The molecule has 4 atom stereocenters. The van der Waals surface area contributed by atoms with E-state index in [0.717, 1.165) is 32.0 Å². The summed E-state index contributed by atoms with van der Waals surface area (Å²) in [4.78, 5) is 31.3. The average molecular weight is 388 g/mol. The minimum Gasteiger partial charge on any atom is -0.386 e. The van der Waals surface area contributed by atoms with Crippen LogP contribution in [-0.2, 0) is 4.79 Å². The van der Waals surface area contributed by atoms with Gasteiger partial charge < -0.3 is 15.0 Å². The number of hydrogen-bond donors (Lipinski definition) is 2. The Bertz CT molecular complexity index is 471. The van der Waals surface area contributed by atoms with E-state index < -0.39 is 40.6 Å². The number of nitrogens with zero attached hydrogens (tertiary/aromatic N) is 2. The van der Waals surface area contributed by atoms with Crippen LogP contribution in [0.2, 0.25) is 0 Å². The molecule has 0 radical (unpaired) electrons. The molecule has 0 aliphatic carbocycles. The third-order valence-electron chi connectivity index (χ3n) is 4.50. The smallest absolute Gasteiger partial charge is 0.245 e. The summed E-state index contributed by atoms with van der Waals surface area (Å²) in [5, 5.41) is 42.7. The van der Waals surface area contributed by atoms with E-state index in [1.165, 1.54) is 0 Å². The molecule has 4 unspecified atom stereocenters. The van der Waals surface area contributed by atoms with Crippen molar-refractivity contribution in [3.8, 4) is 0 Å². The van der Waals surface area contributed by atoms with E-state index in [9.17, 15) is 35.2 Å². The van der Waals surface area contributed by atoms with Crippen molar-refractivity contribution in [2.24, 2.45) is 0 Å². The molecule has 0 aromatic heterocycles. The van der Waals surface area contributed by atoms with Gasteiger partial charge in [-0.1, -0.05) is 38.3 Å². The van der Waals surface area contributed by atoms with E-state index in [-0.39, 0.29) is 12.8 Å². The molecule has 27 heavy (non-hydrogen) atoms. The predicted octanol–water partition coefficient (Wildman–Crippen LogP) is 2.67. The zero-order valence-electron chi connectivity index (χ0n) is 15.9. The first-order chi connectivity index (χ1) is 12.8. The van der Waals surface area contributed by atoms with Crippen LogP contribution in [0.4, 0.5) is 0 Å². The molecule has 0 saturated heterocycles. The van der Waals surface area contributed by atoms with Crippen LogP contribution in [-0.4, -0.2) is 50.6 Å². The van der Waals surface area contributed by atoms with Crippen LogP contribution in [0, 0.1) is 20.2 Å². The Morgan fingerprint density at radius 1 is 0.889 bits per heavy atom. The topological polar surface area (TPSA) is 144 Å². The molecule has 0 rings (SSSR count). The number of hydrogen-bond acceptors (Lipinski definition) is 7. The molecule has 0 amide bonds. The van der Waals surface area contributed by atoms with E-state index in [2.05, 4.69) is 0 Å². The molecule has 156 valence electrons. The Balaban J connectivity index is 4.67. The summed E-state index contributed by atoms with van der Waals surface area (Å²) in [6.07, 6.45) is 6.37. The lowest BCUT2D eigenvalue weighted by molar-refractivity contribution is -0.573. The van der Waals surface area contributed by atoms with Crippen molar-refractivity contribution < 1.29 is 24.9 Å². The fourth-order valence-corrected chi connectivity index (χ4v) is 2.81. The van der Waals surface area contributed by atoms with Gasteiger partial charge in [0.25, 0.3) is 0 Å². The number of unbranched alkanes of at least 4 members (excludes halogenated alkanes) is 5. The molecule has 0 saturated carbocycles. The highest BCUT2D eigenvalue weighted by molar-refractivity contribution is 5.48. The van der Waals surface area contributed by atoms with Gasteiger partial charge in [-0.15, -0.1) is 0 Å². The van der Waals surface area contributed by atoms with Crippen molar-refractivity contribution in [2.75, 3.05) is 0 Å². The van der Waals surface area contributed by atoms with Crippen molar-refractivity contribution in [3.63, 3.8) is 0 Å². The quantitative estimate of drug-likeness (QED) is 0.128. The normalized spacial score (nSPS) is 16.0. The largest absolute Gasteiger partial charge is 0.386 e. The number of carbonyl (C=O) groups excluding carboxylic acids is 1. The fraction of sp³-hybridized carbons (Fsp3) is 0.833. The summed E-state index contributed by atoms with van der Waals surface area (Å²) in [7, 11) is 0. The van der Waals surface area contributed by atoms with E-state index in [1.54, 1.807) is 12.2 Å². The van der Waals surface area contributed by atoms with E-state index in [4.69, 9.17) is 0 Å². The van der Waals surface area contributed by atoms with Crippen LogP contribution in [0.1, 0.15) is 71.1 Å². The Labute approximate surface area is 159 Å². The maximum Gasteiger partial charge on any atom is 0.245 e. The molecule has 0 fully saturated rings. The van der Waals surface area contributed by atoms with Crippen molar-refractivity contribution in [3.05, 3.63) is 32.4 Å². The van der Waals surface area contributed by atoms with Crippen LogP contribution < -0.4 is 0 Å². The van der Waals surface area contributed by atoms with Crippen molar-refractivity contribution in [1.82, 2.24) is 0 Å². The van der Waals surface area contributed by atoms with Crippen LogP contribution in [0.25, 0.3) is 0 Å². The lowest BCUT2D eigenvalue weighted by Crippen LogP contribution is -2.43. The lowest BCUT2D eigenvalue weighted by Gasteiger charge is -2.20. The Hall–Kier alpha value is -1.87. The van der Waals surface area contributed by atoms with Crippen LogP contribution in [0.5, 0.6) is 0 Å². The minimum atomic E-state index is -1.51. The van der Waals surface area contributed by atoms with Gasteiger partial charge in [0, 0.05) is 16.3 Å². The number of carbonyl (C=O) groups is 1. The predicted molar refractivity (Wildman–Crippen MR) is 101 cm³/mol. The average Bonchev–Trinajstić information content (AvgIpc) is 2.60. The van der Waals surface area contributed by atoms with Crippen LogP contribution in [0.3, 0.4) is 0 Å². The second kappa shape index (κ2) is 15.2. The van der Waals surface area contributed by atoms with E-state index in [1.807, 2.05) is 6.92 Å². The molecule has 0 spiro atoms. The first-order valence-electron chi connectivity index (χ1n) is 9.56. The standard InChI is InChI=1S/C18H32N2O7/c1-2-3-8-11-17(22)15(19(24)25)14-16(20(26)27)18(23)12-9-6-4-5-7-10-13-21/h6,9,13,15-18,22-23H,2-5,7-8,10-12,14H2,1H3/b9-6-. The maximum absolute atomic E-state index is 11.3. The van der Waals surface area contributed by atoms with Gasteiger partial charge in [0.05, 0.1) is 6.42 Å². The van der Waals surface area contributed by atoms with Gasteiger partial charge in [0.2, 0.25) is 12.1 Å². The summed E-state index contributed by atoms with van der Waals surface area (Å²) in [5.74, 6) is 0. The van der Waals surface area contributed by atoms with Gasteiger partial charge in [-0.3, -0.25) is 20.2 Å². The number of aliphatic hydroxyl groups excluding tert-OH is 2. The Morgan fingerprint density at radius 2 is 1.48 bits per heavy atom. The number of rotatable bonds is 17. The third-order valence-corrected chi connectivity index (χ3v) is 4.50. The maximum atomic E-state index is 11.3. The molecule has 0 aromatic rings. The summed E-state index contributed by atoms with van der Waals surface area (Å²) in [6.45, 7) is 1.96. The molecular formula is C18H32N2O7. The zero-order valence-corrected chi connectivity index (χ0v) is 15.9. The van der Waals surface area contributed by atoms with Crippen LogP contribution in [0.15, 0.2) is 12.2 Å². The zero-order chi connectivity index (χ0) is 20.7. The molecule has 0 aliphatic heterocycles. The van der Waals surface area contributed by atoms with Crippen LogP contribution >= 0.6 is 0 Å². The summed E-state index contributed by atoms with van der Waals surface area (Å²) in [6, 6.07) is -2.99. The molecule has 0 aliphatic rings. The molecule has 9 nitrogen and oxygen atoms in total. The van der Waals surface area contributed by atoms with Crippen molar-refractivity contribution in [1.29, 1.82) is 0 Å². The Kier molecular flexibility index (Phi) is 14.2. The van der Waals surface area contributed by atoms with Crippen molar-refractivity contribution in [2.45, 2.75) is 95.4 Å². The Morgan fingerprint density at radius 3 is 2.04 bits per heavy atom. The molecule has 2 N–H and O–H groups in total. The van der Waals surface area contributed by atoms with E-state index in [0.29, 0.717) is 19.3 Å². The monoisotopic (exact) mass is 388 g/mol. The molecular weight excluding hydrogens is 356 g/mol. The van der Waals surface area contributed by atoms with Gasteiger partial charge in [-0.25, -0.2) is 0 Å². The van der Waals surface area contributed by atoms with Gasteiger partial charge in [-0.2, -0.15) is 0 Å². The number of allylic oxidation sites excluding steroid dienone is 1. The first-order valence-corrected chi connectivity index (χ1v) is 9.56. The SMILES string of the molecule is CCCCCC(O)C(CC(C(O)C/C=C\CCCCC=O)[N+](=O)[O-])[N+](=O)[O-]. The minimum absolute atomic E-state index is 0.00961. The van der Waals surface area contributed by atoms with Gasteiger partial charge >= 0.3 is 0 Å². The summed E-state index contributed by atoms with van der Waals surface area (Å²) < 4.78 is 0. The number of nitro groups is 2. The summed E-state index contributed by atoms with van der Waals surface area (Å²) >= 11 is 0. The number of aldehydes is 1.